The molecule has 1 aliphatic heterocycles. The summed E-state index contributed by atoms with van der Waals surface area (Å²) in [4.78, 5) is 38.2. The van der Waals surface area contributed by atoms with Crippen LogP contribution in [-0.4, -0.2) is 64.6 Å². The average Bonchev–Trinajstić information content (AvgIpc) is 2.62. The number of aromatic nitrogens is 2. The summed E-state index contributed by atoms with van der Waals surface area (Å²) >= 11 is 0. The Kier molecular flexibility index (Phi) is 3.70. The molecule has 6 heteroatoms. The zero-order valence-electron chi connectivity index (χ0n) is 13.5. The topological polar surface area (TPSA) is 66.4 Å². The Balaban J connectivity index is 1.63. The van der Waals surface area contributed by atoms with Crippen LogP contribution in [0.2, 0.25) is 0 Å². The highest BCUT2D eigenvalue weighted by Crippen LogP contribution is 2.25. The summed E-state index contributed by atoms with van der Waals surface area (Å²) < 4.78 is 0. The van der Waals surface area contributed by atoms with Crippen molar-refractivity contribution in [2.24, 2.45) is 0 Å². The maximum atomic E-state index is 12.7. The van der Waals surface area contributed by atoms with Gasteiger partial charge in [0.1, 0.15) is 11.4 Å². The van der Waals surface area contributed by atoms with Gasteiger partial charge >= 0.3 is 0 Å². The van der Waals surface area contributed by atoms with Gasteiger partial charge in [-0.05, 0) is 30.8 Å². The first-order valence-electron chi connectivity index (χ1n) is 8.08. The predicted molar refractivity (Wildman–Crippen MR) is 88.1 cm³/mol. The number of fused-ring (bicyclic) bond motifs is 2. The van der Waals surface area contributed by atoms with E-state index >= 15 is 0 Å². The van der Waals surface area contributed by atoms with Gasteiger partial charge in [-0.3, -0.25) is 24.5 Å². The van der Waals surface area contributed by atoms with Crippen LogP contribution >= 0.6 is 0 Å². The second-order valence-electron chi connectivity index (χ2n) is 6.38. The van der Waals surface area contributed by atoms with E-state index in [1.807, 2.05) is 6.07 Å². The van der Waals surface area contributed by atoms with Crippen molar-refractivity contribution >= 4 is 11.6 Å². The molecule has 1 aliphatic carbocycles. The van der Waals surface area contributed by atoms with Gasteiger partial charge in [-0.15, -0.1) is 0 Å². The van der Waals surface area contributed by atoms with E-state index in [2.05, 4.69) is 26.8 Å². The van der Waals surface area contributed by atoms with Gasteiger partial charge in [-0.25, -0.2) is 0 Å². The van der Waals surface area contributed by atoms with Crippen LogP contribution in [0.15, 0.2) is 30.6 Å². The first-order valence-corrected chi connectivity index (χ1v) is 8.08. The van der Waals surface area contributed by atoms with Gasteiger partial charge in [0.15, 0.2) is 5.78 Å². The Bertz CT molecular complexity index is 826. The van der Waals surface area contributed by atoms with Crippen LogP contribution in [0.4, 0.5) is 0 Å². The first-order chi connectivity index (χ1) is 11.6. The minimum absolute atomic E-state index is 0.166. The second-order valence-corrected chi connectivity index (χ2v) is 6.38. The summed E-state index contributed by atoms with van der Waals surface area (Å²) in [5.41, 5.74) is 2.15. The van der Waals surface area contributed by atoms with E-state index < -0.39 is 0 Å². The number of hydrogen-bond donors (Lipinski definition) is 0. The number of hydrogen-bond acceptors (Lipinski definition) is 6. The number of ketones is 2. The smallest absolute Gasteiger partial charge is 0.231 e. The molecular formula is C18H18N4O2. The van der Waals surface area contributed by atoms with E-state index in [9.17, 15) is 9.59 Å². The zero-order valence-corrected chi connectivity index (χ0v) is 13.5. The minimum Gasteiger partial charge on any atom is -0.304 e. The molecule has 122 valence electrons. The van der Waals surface area contributed by atoms with Gasteiger partial charge in [0, 0.05) is 45.1 Å². The standard InChI is InChI=1S/C18H18N4O2/c1-21-5-7-22(8-6-21)11-12-9-14-16(20-10-12)18(24)15-13(17(14)23)3-2-4-19-15/h2-4,9-10H,5-8,11H2,1H3. The summed E-state index contributed by atoms with van der Waals surface area (Å²) in [6.45, 7) is 4.81. The molecule has 0 atom stereocenters. The van der Waals surface area contributed by atoms with Crippen molar-refractivity contribution in [3.8, 4) is 0 Å². The molecule has 2 aromatic heterocycles. The molecule has 0 spiro atoms. The van der Waals surface area contributed by atoms with E-state index in [1.165, 1.54) is 6.20 Å². The molecule has 0 aromatic carbocycles. The highest BCUT2D eigenvalue weighted by molar-refractivity contribution is 6.26. The second kappa shape index (κ2) is 5.89. The van der Waals surface area contributed by atoms with Crippen LogP contribution < -0.4 is 0 Å². The van der Waals surface area contributed by atoms with Gasteiger partial charge in [0.05, 0.1) is 11.1 Å². The lowest BCUT2D eigenvalue weighted by Crippen LogP contribution is -2.43. The molecular weight excluding hydrogens is 304 g/mol. The van der Waals surface area contributed by atoms with Crippen molar-refractivity contribution in [1.82, 2.24) is 19.8 Å². The van der Waals surface area contributed by atoms with Crippen LogP contribution in [0.25, 0.3) is 0 Å². The Labute approximate surface area is 140 Å². The number of carbonyl (C=O) groups is 2. The summed E-state index contributed by atoms with van der Waals surface area (Å²) in [5.74, 6) is -0.438. The summed E-state index contributed by atoms with van der Waals surface area (Å²) in [5, 5.41) is 0. The van der Waals surface area contributed by atoms with E-state index in [1.54, 1.807) is 18.3 Å². The molecule has 0 unspecified atom stereocenters. The van der Waals surface area contributed by atoms with Crippen molar-refractivity contribution in [1.29, 1.82) is 0 Å². The SMILES string of the molecule is CN1CCN(Cc2cnc3c(c2)C(=O)c2cccnc2C3=O)CC1. The molecule has 3 heterocycles. The molecule has 1 fully saturated rings. The third kappa shape index (κ3) is 2.53. The number of piperazine rings is 1. The van der Waals surface area contributed by atoms with Gasteiger partial charge in [0.2, 0.25) is 5.78 Å². The van der Waals surface area contributed by atoms with E-state index in [0.29, 0.717) is 11.1 Å². The normalized spacial score (nSPS) is 18.4. The summed E-state index contributed by atoms with van der Waals surface area (Å²) in [7, 11) is 2.12. The molecule has 0 radical (unpaired) electrons. The van der Waals surface area contributed by atoms with Gasteiger partial charge in [-0.1, -0.05) is 0 Å². The highest BCUT2D eigenvalue weighted by Gasteiger charge is 2.32. The Morgan fingerprint density at radius 1 is 1.00 bits per heavy atom. The van der Waals surface area contributed by atoms with Crippen LogP contribution in [0.1, 0.15) is 37.7 Å². The van der Waals surface area contributed by atoms with E-state index in [-0.39, 0.29) is 23.0 Å². The fraction of sp³-hybridized carbons (Fsp3) is 0.333. The summed E-state index contributed by atoms with van der Waals surface area (Å²) in [6.07, 6.45) is 3.23. The summed E-state index contributed by atoms with van der Waals surface area (Å²) in [6, 6.07) is 5.14. The third-order valence-electron chi connectivity index (χ3n) is 4.67. The molecule has 2 aliphatic rings. The fourth-order valence-electron chi connectivity index (χ4n) is 3.24. The Hall–Kier alpha value is -2.44. The van der Waals surface area contributed by atoms with Crippen molar-refractivity contribution in [3.63, 3.8) is 0 Å². The van der Waals surface area contributed by atoms with Gasteiger partial charge in [-0.2, -0.15) is 0 Å². The molecule has 0 amide bonds. The molecule has 0 saturated carbocycles. The minimum atomic E-state index is -0.272. The molecule has 24 heavy (non-hydrogen) atoms. The largest absolute Gasteiger partial charge is 0.304 e. The average molecular weight is 322 g/mol. The first kappa shape index (κ1) is 15.1. The van der Waals surface area contributed by atoms with Crippen LogP contribution in [0, 0.1) is 0 Å². The van der Waals surface area contributed by atoms with Crippen molar-refractivity contribution < 1.29 is 9.59 Å². The molecule has 6 nitrogen and oxygen atoms in total. The van der Waals surface area contributed by atoms with Gasteiger partial charge in [0.25, 0.3) is 0 Å². The molecule has 0 N–H and O–H groups in total. The van der Waals surface area contributed by atoms with Crippen LogP contribution in [-0.2, 0) is 6.54 Å². The molecule has 1 saturated heterocycles. The fourth-order valence-corrected chi connectivity index (χ4v) is 3.24. The molecule has 0 bridgehead atoms. The van der Waals surface area contributed by atoms with Crippen molar-refractivity contribution in [3.05, 3.63) is 58.7 Å². The van der Waals surface area contributed by atoms with E-state index in [4.69, 9.17) is 0 Å². The third-order valence-corrected chi connectivity index (χ3v) is 4.67. The predicted octanol–water partition coefficient (Wildman–Crippen LogP) is 0.999. The van der Waals surface area contributed by atoms with Gasteiger partial charge < -0.3 is 4.90 Å². The number of likely N-dealkylation sites (N-methyl/N-ethyl adjacent to an activating group) is 1. The number of nitrogens with zero attached hydrogens (tertiary/aromatic N) is 4. The van der Waals surface area contributed by atoms with E-state index in [0.717, 1.165) is 38.3 Å². The van der Waals surface area contributed by atoms with Crippen LogP contribution in [0.5, 0.6) is 0 Å². The number of carbonyl (C=O) groups excluding carboxylic acids is 2. The molecule has 4 rings (SSSR count). The maximum Gasteiger partial charge on any atom is 0.231 e. The Morgan fingerprint density at radius 3 is 2.54 bits per heavy atom. The highest BCUT2D eigenvalue weighted by atomic mass is 16.1. The van der Waals surface area contributed by atoms with Crippen molar-refractivity contribution in [2.75, 3.05) is 33.2 Å². The number of pyridine rings is 2. The molecule has 2 aromatic rings. The zero-order chi connectivity index (χ0) is 16.7. The quantitative estimate of drug-likeness (QED) is 0.701. The van der Waals surface area contributed by atoms with Crippen molar-refractivity contribution in [2.45, 2.75) is 6.54 Å². The monoisotopic (exact) mass is 322 g/mol. The lowest BCUT2D eigenvalue weighted by Gasteiger charge is -2.32. The number of rotatable bonds is 2. The lowest BCUT2D eigenvalue weighted by molar-refractivity contribution is 0.0971. The maximum absolute atomic E-state index is 12.7. The Morgan fingerprint density at radius 2 is 1.75 bits per heavy atom. The van der Waals surface area contributed by atoms with Crippen LogP contribution in [0.3, 0.4) is 0 Å². The lowest BCUT2D eigenvalue weighted by atomic mass is 9.89.